The number of Topliss-reactive ketones (excluding diaryl/α,β-unsaturated/α-hetero) is 1. The van der Waals surface area contributed by atoms with Crippen LogP contribution in [0.5, 0.6) is 0 Å². The van der Waals surface area contributed by atoms with E-state index in [2.05, 4.69) is 0 Å². The van der Waals surface area contributed by atoms with Crippen LogP contribution in [0.1, 0.15) is 31.7 Å². The maximum atomic E-state index is 11.7. The van der Waals surface area contributed by atoms with Gasteiger partial charge in [-0.1, -0.05) is 12.1 Å². The normalized spacial score (nSPS) is 18.7. The van der Waals surface area contributed by atoms with E-state index in [4.69, 9.17) is 4.74 Å². The van der Waals surface area contributed by atoms with Crippen molar-refractivity contribution in [2.24, 2.45) is 0 Å². The van der Waals surface area contributed by atoms with Crippen molar-refractivity contribution in [3.8, 4) is 0 Å². The highest BCUT2D eigenvalue weighted by atomic mass is 16.6. The Hall–Kier alpha value is -2.50. The summed E-state index contributed by atoms with van der Waals surface area (Å²) in [7, 11) is 0. The minimum atomic E-state index is -0.494. The summed E-state index contributed by atoms with van der Waals surface area (Å²) in [6.07, 6.45) is 0.0596. The lowest BCUT2D eigenvalue weighted by Crippen LogP contribution is -2.23. The van der Waals surface area contributed by atoms with Crippen molar-refractivity contribution < 1.29 is 19.2 Å². The highest BCUT2D eigenvalue weighted by Gasteiger charge is 2.31. The van der Waals surface area contributed by atoms with Crippen LogP contribution in [0.2, 0.25) is 0 Å². The number of non-ortho nitro benzene ring substituents is 1. The van der Waals surface area contributed by atoms with Gasteiger partial charge >= 0.3 is 5.97 Å². The average molecular weight is 275 g/mol. The Bertz CT molecular complexity index is 615. The Morgan fingerprint density at radius 1 is 1.35 bits per heavy atom. The zero-order valence-corrected chi connectivity index (χ0v) is 11.1. The summed E-state index contributed by atoms with van der Waals surface area (Å²) >= 11 is 0. The van der Waals surface area contributed by atoms with Crippen LogP contribution in [-0.2, 0) is 14.3 Å². The van der Waals surface area contributed by atoms with Gasteiger partial charge in [-0.15, -0.1) is 0 Å². The Balaban J connectivity index is 2.43. The number of cyclic esters (lactones) is 1. The number of ketones is 1. The van der Waals surface area contributed by atoms with Crippen LogP contribution in [0.3, 0.4) is 0 Å². The van der Waals surface area contributed by atoms with E-state index in [1.54, 1.807) is 19.1 Å². The minimum Gasteiger partial charge on any atom is -0.431 e. The van der Waals surface area contributed by atoms with Crippen LogP contribution in [0.4, 0.5) is 5.69 Å². The molecule has 0 saturated carbocycles. The second kappa shape index (κ2) is 5.24. The van der Waals surface area contributed by atoms with Crippen molar-refractivity contribution in [1.82, 2.24) is 0 Å². The van der Waals surface area contributed by atoms with Gasteiger partial charge in [0.15, 0.2) is 5.78 Å². The van der Waals surface area contributed by atoms with E-state index in [-0.39, 0.29) is 17.9 Å². The molecule has 0 amide bonds. The highest BCUT2D eigenvalue weighted by molar-refractivity contribution is 5.97. The molecule has 6 heteroatoms. The largest absolute Gasteiger partial charge is 0.431 e. The number of nitro groups is 1. The summed E-state index contributed by atoms with van der Waals surface area (Å²) in [5.41, 5.74) is 1.10. The molecule has 0 fully saturated rings. The summed E-state index contributed by atoms with van der Waals surface area (Å²) < 4.78 is 4.99. The van der Waals surface area contributed by atoms with Gasteiger partial charge < -0.3 is 4.74 Å². The number of hydrogen-bond donors (Lipinski definition) is 0. The van der Waals surface area contributed by atoms with Crippen LogP contribution in [0, 0.1) is 10.1 Å². The second-order valence-electron chi connectivity index (χ2n) is 4.61. The number of carbonyl (C=O) groups excluding carboxylic acids is 2. The third-order valence-corrected chi connectivity index (χ3v) is 3.25. The SMILES string of the molecule is CC(=O)C1=C(C)OC(=O)C[C@@H]1c1ccc([N+](=O)[O-])cc1. The fourth-order valence-corrected chi connectivity index (χ4v) is 2.39. The number of rotatable bonds is 3. The smallest absolute Gasteiger partial charge is 0.311 e. The number of nitro benzene ring substituents is 1. The standard InChI is InChI=1S/C14H13NO5/c1-8(16)14-9(2)20-13(17)7-12(14)10-3-5-11(6-4-10)15(18)19/h3-6,12H,7H2,1-2H3/t12-/m1/s1. The van der Waals surface area contributed by atoms with Crippen molar-refractivity contribution in [2.75, 3.05) is 0 Å². The van der Waals surface area contributed by atoms with Gasteiger partial charge in [-0.25, -0.2) is 0 Å². The van der Waals surface area contributed by atoms with Crippen LogP contribution in [0.15, 0.2) is 35.6 Å². The molecule has 1 aromatic carbocycles. The van der Waals surface area contributed by atoms with Crippen molar-refractivity contribution in [3.05, 3.63) is 51.3 Å². The Labute approximate surface area is 115 Å². The molecule has 1 aliphatic rings. The van der Waals surface area contributed by atoms with Gasteiger partial charge in [0.05, 0.1) is 11.3 Å². The molecular weight excluding hydrogens is 262 g/mol. The first-order valence-electron chi connectivity index (χ1n) is 6.07. The number of hydrogen-bond acceptors (Lipinski definition) is 5. The van der Waals surface area contributed by atoms with Gasteiger partial charge in [-0.2, -0.15) is 0 Å². The first-order valence-corrected chi connectivity index (χ1v) is 6.07. The van der Waals surface area contributed by atoms with E-state index < -0.39 is 16.8 Å². The predicted molar refractivity (Wildman–Crippen MR) is 69.9 cm³/mol. The van der Waals surface area contributed by atoms with Crippen LogP contribution in [-0.4, -0.2) is 16.7 Å². The van der Waals surface area contributed by atoms with Crippen LogP contribution in [0.25, 0.3) is 0 Å². The molecule has 1 aliphatic heterocycles. The molecule has 0 radical (unpaired) electrons. The molecule has 104 valence electrons. The fraction of sp³-hybridized carbons (Fsp3) is 0.286. The minimum absolute atomic E-state index is 0.0304. The molecule has 0 aliphatic carbocycles. The molecule has 0 unspecified atom stereocenters. The molecule has 0 N–H and O–H groups in total. The number of nitrogens with zero attached hydrogens (tertiary/aromatic N) is 1. The van der Waals surface area contributed by atoms with E-state index in [1.165, 1.54) is 19.1 Å². The van der Waals surface area contributed by atoms with E-state index >= 15 is 0 Å². The number of allylic oxidation sites excluding steroid dienone is 2. The third-order valence-electron chi connectivity index (χ3n) is 3.25. The van der Waals surface area contributed by atoms with E-state index in [0.29, 0.717) is 16.9 Å². The molecule has 0 saturated heterocycles. The molecule has 1 heterocycles. The lowest BCUT2D eigenvalue weighted by molar-refractivity contribution is -0.384. The zero-order chi connectivity index (χ0) is 14.9. The number of benzene rings is 1. The average Bonchev–Trinajstić information content (AvgIpc) is 2.37. The maximum absolute atomic E-state index is 11.7. The lowest BCUT2D eigenvalue weighted by atomic mass is 9.84. The first-order chi connectivity index (χ1) is 9.40. The number of esters is 1. The summed E-state index contributed by atoms with van der Waals surface area (Å²) in [4.78, 5) is 33.4. The number of carbonyl (C=O) groups is 2. The molecule has 0 aromatic heterocycles. The lowest BCUT2D eigenvalue weighted by Gasteiger charge is -2.25. The van der Waals surface area contributed by atoms with Crippen LogP contribution < -0.4 is 0 Å². The predicted octanol–water partition coefficient (Wildman–Crippen LogP) is 2.49. The molecule has 0 bridgehead atoms. The summed E-state index contributed by atoms with van der Waals surface area (Å²) in [6.45, 7) is 2.99. The summed E-state index contributed by atoms with van der Waals surface area (Å²) in [5, 5.41) is 10.6. The van der Waals surface area contributed by atoms with Gasteiger partial charge in [0.25, 0.3) is 5.69 Å². The van der Waals surface area contributed by atoms with E-state index in [0.717, 1.165) is 0 Å². The Morgan fingerprint density at radius 2 is 1.95 bits per heavy atom. The molecular formula is C14H13NO5. The van der Waals surface area contributed by atoms with Gasteiger partial charge in [-0.3, -0.25) is 19.7 Å². The topological polar surface area (TPSA) is 86.5 Å². The highest BCUT2D eigenvalue weighted by Crippen LogP contribution is 2.35. The van der Waals surface area contributed by atoms with E-state index in [9.17, 15) is 19.7 Å². The summed E-state index contributed by atoms with van der Waals surface area (Å²) in [6, 6.07) is 5.86. The summed E-state index contributed by atoms with van der Waals surface area (Å²) in [5.74, 6) is -0.680. The quantitative estimate of drug-likeness (QED) is 0.480. The van der Waals surface area contributed by atoms with Crippen LogP contribution >= 0.6 is 0 Å². The molecule has 0 spiro atoms. The number of ether oxygens (including phenoxy) is 1. The molecule has 20 heavy (non-hydrogen) atoms. The van der Waals surface area contributed by atoms with Gasteiger partial charge in [0, 0.05) is 23.6 Å². The zero-order valence-electron chi connectivity index (χ0n) is 11.1. The van der Waals surface area contributed by atoms with E-state index in [1.807, 2.05) is 0 Å². The third kappa shape index (κ3) is 2.59. The molecule has 2 rings (SSSR count). The van der Waals surface area contributed by atoms with Gasteiger partial charge in [-0.05, 0) is 19.4 Å². The van der Waals surface area contributed by atoms with Crippen molar-refractivity contribution in [3.63, 3.8) is 0 Å². The maximum Gasteiger partial charge on any atom is 0.311 e. The van der Waals surface area contributed by atoms with Gasteiger partial charge in [0.2, 0.25) is 0 Å². The molecule has 6 nitrogen and oxygen atoms in total. The molecule has 1 atom stereocenters. The Kier molecular flexibility index (Phi) is 3.65. The van der Waals surface area contributed by atoms with Crippen molar-refractivity contribution in [1.29, 1.82) is 0 Å². The first kappa shape index (κ1) is 13.9. The monoisotopic (exact) mass is 275 g/mol. The fourth-order valence-electron chi connectivity index (χ4n) is 2.39. The van der Waals surface area contributed by atoms with Gasteiger partial charge in [0.1, 0.15) is 5.76 Å². The Morgan fingerprint density at radius 3 is 2.45 bits per heavy atom. The van der Waals surface area contributed by atoms with Crippen molar-refractivity contribution >= 4 is 17.4 Å². The van der Waals surface area contributed by atoms with Crippen molar-refractivity contribution in [2.45, 2.75) is 26.2 Å². The second-order valence-corrected chi connectivity index (χ2v) is 4.61. The molecule has 1 aromatic rings.